The van der Waals surface area contributed by atoms with E-state index in [0.29, 0.717) is 41.0 Å². The predicted molar refractivity (Wildman–Crippen MR) is 109 cm³/mol. The molecule has 1 atom stereocenters. The van der Waals surface area contributed by atoms with Crippen molar-refractivity contribution in [3.63, 3.8) is 0 Å². The lowest BCUT2D eigenvalue weighted by molar-refractivity contribution is -0.133. The van der Waals surface area contributed by atoms with Gasteiger partial charge in [0.1, 0.15) is 11.5 Å². The normalized spacial score (nSPS) is 11.4. The minimum absolute atomic E-state index is 0.182. The molecule has 0 saturated heterocycles. The Hall–Kier alpha value is -2.44. The average molecular weight is 425 g/mol. The summed E-state index contributed by atoms with van der Waals surface area (Å²) in [4.78, 5) is 24.0. The Bertz CT molecular complexity index is 787. The number of carbonyl (C=O) groups is 2. The fourth-order valence-electron chi connectivity index (χ4n) is 2.27. The molecule has 0 bridgehead atoms. The predicted octanol–water partition coefficient (Wildman–Crippen LogP) is 4.16. The van der Waals surface area contributed by atoms with Crippen molar-refractivity contribution in [2.75, 3.05) is 6.61 Å². The van der Waals surface area contributed by atoms with E-state index in [1.54, 1.807) is 30.3 Å². The topological polar surface area (TPSA) is 76.7 Å². The number of carbonyl (C=O) groups excluding carboxylic acids is 2. The molecule has 0 aromatic heterocycles. The van der Waals surface area contributed by atoms with Gasteiger partial charge in [-0.1, -0.05) is 48.3 Å². The number of nitrogens with one attached hydrogen (secondary N) is 2. The summed E-state index contributed by atoms with van der Waals surface area (Å²) in [6, 6.07) is 14.0. The van der Waals surface area contributed by atoms with Gasteiger partial charge in [0.15, 0.2) is 6.10 Å². The zero-order valence-electron chi connectivity index (χ0n) is 15.4. The maximum Gasteiger partial charge on any atom is 0.279 e. The van der Waals surface area contributed by atoms with Crippen molar-refractivity contribution in [1.29, 1.82) is 0 Å². The number of halogens is 2. The van der Waals surface area contributed by atoms with Crippen LogP contribution in [0.3, 0.4) is 0 Å². The van der Waals surface area contributed by atoms with E-state index in [0.717, 1.165) is 0 Å². The number of amides is 2. The number of benzene rings is 2. The first kappa shape index (κ1) is 21.9. The molecule has 6 nitrogen and oxygen atoms in total. The quantitative estimate of drug-likeness (QED) is 0.467. The fraction of sp³-hybridized carbons (Fsp3) is 0.300. The molecule has 0 fully saturated rings. The molecule has 0 aliphatic carbocycles. The van der Waals surface area contributed by atoms with Gasteiger partial charge < -0.3 is 9.47 Å². The lowest BCUT2D eigenvalue weighted by Crippen LogP contribution is -2.47. The molecule has 28 heavy (non-hydrogen) atoms. The van der Waals surface area contributed by atoms with Gasteiger partial charge in [0.05, 0.1) is 11.6 Å². The van der Waals surface area contributed by atoms with Crippen molar-refractivity contribution in [1.82, 2.24) is 10.9 Å². The van der Waals surface area contributed by atoms with Crippen molar-refractivity contribution >= 4 is 35.0 Å². The summed E-state index contributed by atoms with van der Waals surface area (Å²) in [5, 5.41) is 0.933. The lowest BCUT2D eigenvalue weighted by Gasteiger charge is -2.17. The summed E-state index contributed by atoms with van der Waals surface area (Å²) in [6.07, 6.45) is 0.407. The van der Waals surface area contributed by atoms with Crippen LogP contribution < -0.4 is 20.3 Å². The molecule has 0 saturated carbocycles. The van der Waals surface area contributed by atoms with Gasteiger partial charge in [-0.2, -0.15) is 0 Å². The molecule has 2 N–H and O–H groups in total. The summed E-state index contributed by atoms with van der Waals surface area (Å²) in [5.74, 6) is 0.357. The molecule has 0 radical (unpaired) electrons. The van der Waals surface area contributed by atoms with Crippen LogP contribution in [0, 0.1) is 0 Å². The molecule has 2 aromatic rings. The summed E-state index contributed by atoms with van der Waals surface area (Å²) < 4.78 is 11.1. The Kier molecular flexibility index (Phi) is 8.91. The van der Waals surface area contributed by atoms with E-state index in [2.05, 4.69) is 10.9 Å². The van der Waals surface area contributed by atoms with Crippen molar-refractivity contribution in [2.24, 2.45) is 0 Å². The van der Waals surface area contributed by atoms with E-state index >= 15 is 0 Å². The molecule has 0 spiro atoms. The number of para-hydroxylation sites is 1. The molecular weight excluding hydrogens is 403 g/mol. The minimum atomic E-state index is -0.696. The maximum absolute atomic E-state index is 12.2. The summed E-state index contributed by atoms with van der Waals surface area (Å²) >= 11 is 11.8. The third-order valence-electron chi connectivity index (χ3n) is 3.71. The van der Waals surface area contributed by atoms with Crippen LogP contribution in [-0.2, 0) is 9.59 Å². The molecular formula is C20H22Cl2N2O4. The van der Waals surface area contributed by atoms with Gasteiger partial charge in [0, 0.05) is 11.4 Å². The molecule has 1 unspecified atom stereocenters. The highest BCUT2D eigenvalue weighted by atomic mass is 35.5. The standard InChI is InChI=1S/C20H22Cl2N2O4/c1-2-17(28-15-7-4-3-5-8-15)20(26)24-23-19(25)9-6-12-27-18-11-10-14(21)13-16(18)22/h3-5,7-8,10-11,13,17H,2,6,9,12H2,1H3,(H,23,25)(H,24,26). The molecule has 0 aliphatic heterocycles. The van der Waals surface area contributed by atoms with Gasteiger partial charge in [-0.25, -0.2) is 0 Å². The first-order chi connectivity index (χ1) is 13.5. The molecule has 0 aliphatic rings. The average Bonchev–Trinajstić information content (AvgIpc) is 2.69. The van der Waals surface area contributed by atoms with Crippen LogP contribution in [0.2, 0.25) is 10.0 Å². The second kappa shape index (κ2) is 11.4. The van der Waals surface area contributed by atoms with Gasteiger partial charge in [-0.15, -0.1) is 0 Å². The first-order valence-corrected chi connectivity index (χ1v) is 9.63. The van der Waals surface area contributed by atoms with Crippen molar-refractivity contribution < 1.29 is 19.1 Å². The first-order valence-electron chi connectivity index (χ1n) is 8.88. The largest absolute Gasteiger partial charge is 0.492 e. The molecule has 2 rings (SSSR count). The zero-order chi connectivity index (χ0) is 20.4. The van der Waals surface area contributed by atoms with Crippen LogP contribution in [0.4, 0.5) is 0 Å². The molecule has 0 heterocycles. The SMILES string of the molecule is CCC(Oc1ccccc1)C(=O)NNC(=O)CCCOc1ccc(Cl)cc1Cl. The van der Waals surface area contributed by atoms with Gasteiger partial charge >= 0.3 is 0 Å². The van der Waals surface area contributed by atoms with Crippen molar-refractivity contribution in [2.45, 2.75) is 32.3 Å². The van der Waals surface area contributed by atoms with E-state index in [9.17, 15) is 9.59 Å². The lowest BCUT2D eigenvalue weighted by atomic mass is 10.2. The van der Waals surface area contributed by atoms with Crippen LogP contribution in [0.1, 0.15) is 26.2 Å². The van der Waals surface area contributed by atoms with Gasteiger partial charge in [0.2, 0.25) is 5.91 Å². The Morgan fingerprint density at radius 1 is 1.07 bits per heavy atom. The summed E-state index contributed by atoms with van der Waals surface area (Å²) in [6.45, 7) is 2.13. The number of rotatable bonds is 9. The number of ether oxygens (including phenoxy) is 2. The third-order valence-corrected chi connectivity index (χ3v) is 4.24. The Labute approximate surface area is 174 Å². The van der Waals surface area contributed by atoms with E-state index in [1.807, 2.05) is 25.1 Å². The number of hydrazine groups is 1. The smallest absolute Gasteiger partial charge is 0.279 e. The van der Waals surface area contributed by atoms with E-state index < -0.39 is 12.0 Å². The van der Waals surface area contributed by atoms with Crippen molar-refractivity contribution in [3.8, 4) is 11.5 Å². The maximum atomic E-state index is 12.2. The zero-order valence-corrected chi connectivity index (χ0v) is 16.9. The Morgan fingerprint density at radius 3 is 2.50 bits per heavy atom. The van der Waals surface area contributed by atoms with E-state index in [1.165, 1.54) is 0 Å². The second-order valence-electron chi connectivity index (χ2n) is 5.89. The van der Waals surface area contributed by atoms with Gasteiger partial charge in [0.25, 0.3) is 5.91 Å². The van der Waals surface area contributed by atoms with Crippen LogP contribution >= 0.6 is 23.2 Å². The highest BCUT2D eigenvalue weighted by molar-refractivity contribution is 6.35. The molecule has 2 amide bonds. The van der Waals surface area contributed by atoms with E-state index in [4.69, 9.17) is 32.7 Å². The van der Waals surface area contributed by atoms with Crippen LogP contribution in [0.5, 0.6) is 11.5 Å². The highest BCUT2D eigenvalue weighted by Gasteiger charge is 2.18. The van der Waals surface area contributed by atoms with Crippen LogP contribution in [0.25, 0.3) is 0 Å². The Morgan fingerprint density at radius 2 is 1.82 bits per heavy atom. The van der Waals surface area contributed by atoms with Crippen molar-refractivity contribution in [3.05, 3.63) is 58.6 Å². The van der Waals surface area contributed by atoms with Crippen LogP contribution in [-0.4, -0.2) is 24.5 Å². The fourth-order valence-corrected chi connectivity index (χ4v) is 2.73. The molecule has 150 valence electrons. The van der Waals surface area contributed by atoms with Gasteiger partial charge in [-0.3, -0.25) is 20.4 Å². The monoisotopic (exact) mass is 424 g/mol. The van der Waals surface area contributed by atoms with Crippen LogP contribution in [0.15, 0.2) is 48.5 Å². The molecule has 2 aromatic carbocycles. The highest BCUT2D eigenvalue weighted by Crippen LogP contribution is 2.27. The Balaban J connectivity index is 1.67. The van der Waals surface area contributed by atoms with E-state index in [-0.39, 0.29) is 12.3 Å². The van der Waals surface area contributed by atoms with Gasteiger partial charge in [-0.05, 0) is 43.2 Å². The minimum Gasteiger partial charge on any atom is -0.492 e. The molecule has 8 heteroatoms. The second-order valence-corrected chi connectivity index (χ2v) is 6.74. The number of hydrogen-bond acceptors (Lipinski definition) is 4. The summed E-state index contributed by atoms with van der Waals surface area (Å²) in [5.41, 5.74) is 4.77. The number of hydrogen-bond donors (Lipinski definition) is 2. The summed E-state index contributed by atoms with van der Waals surface area (Å²) in [7, 11) is 0. The third kappa shape index (κ3) is 7.29.